The zero-order chi connectivity index (χ0) is 11.1. The summed E-state index contributed by atoms with van der Waals surface area (Å²) in [6.07, 6.45) is 1.28. The molecule has 1 N–H and O–H groups in total. The molecule has 2 atom stereocenters. The maximum atomic E-state index is 10.5. The highest BCUT2D eigenvalue weighted by atomic mass is 16.3. The average molecular weight is 218 g/mol. The first kappa shape index (κ1) is 9.78. The molecule has 2 heterocycles. The predicted molar refractivity (Wildman–Crippen MR) is 62.6 cm³/mol. The number of hydrogen-bond acceptors (Lipinski definition) is 3. The molecular formula is C12H16N3O+. The number of fused-ring (bicyclic) bond motifs is 2. The number of likely N-dealkylation sites (tertiary alicyclic amines) is 1. The van der Waals surface area contributed by atoms with Gasteiger partial charge in [-0.15, -0.1) is 0 Å². The van der Waals surface area contributed by atoms with Crippen molar-refractivity contribution in [3.63, 3.8) is 0 Å². The first-order valence-electron chi connectivity index (χ1n) is 5.73. The number of anilines is 1. The van der Waals surface area contributed by atoms with Crippen LogP contribution >= 0.6 is 0 Å². The fourth-order valence-corrected chi connectivity index (χ4v) is 2.90. The van der Waals surface area contributed by atoms with Crippen molar-refractivity contribution in [2.45, 2.75) is 18.5 Å². The zero-order valence-electron chi connectivity index (χ0n) is 9.39. The van der Waals surface area contributed by atoms with Crippen molar-refractivity contribution >= 4 is 11.4 Å². The van der Waals surface area contributed by atoms with Crippen LogP contribution < -0.4 is 10.1 Å². The van der Waals surface area contributed by atoms with Crippen LogP contribution in [-0.2, 0) is 0 Å². The van der Waals surface area contributed by atoms with E-state index in [4.69, 9.17) is 0 Å². The van der Waals surface area contributed by atoms with E-state index in [0.717, 1.165) is 13.1 Å². The van der Waals surface area contributed by atoms with Crippen molar-refractivity contribution in [1.82, 2.24) is 4.90 Å². The SMILES string of the molecule is CN1CC2CC1CN2c1ccc([NH+]=O)cc1. The zero-order valence-corrected chi connectivity index (χ0v) is 9.39. The molecule has 4 nitrogen and oxygen atoms in total. The number of hydrogen-bond donors (Lipinski definition) is 1. The fourth-order valence-electron chi connectivity index (χ4n) is 2.90. The van der Waals surface area contributed by atoms with Crippen LogP contribution in [0.1, 0.15) is 6.42 Å². The van der Waals surface area contributed by atoms with E-state index in [1.165, 1.54) is 12.1 Å². The van der Waals surface area contributed by atoms with Crippen molar-refractivity contribution in [2.24, 2.45) is 0 Å². The lowest BCUT2D eigenvalue weighted by Gasteiger charge is -2.33. The summed E-state index contributed by atoms with van der Waals surface area (Å²) in [7, 11) is 2.20. The molecule has 0 aliphatic carbocycles. The summed E-state index contributed by atoms with van der Waals surface area (Å²) < 4.78 is 0. The van der Waals surface area contributed by atoms with Gasteiger partial charge in [0, 0.05) is 53.1 Å². The monoisotopic (exact) mass is 218 g/mol. The molecule has 0 aromatic heterocycles. The van der Waals surface area contributed by atoms with Crippen molar-refractivity contribution < 1.29 is 5.18 Å². The summed E-state index contributed by atoms with van der Waals surface area (Å²) in [5.41, 5.74) is 1.87. The van der Waals surface area contributed by atoms with E-state index < -0.39 is 0 Å². The van der Waals surface area contributed by atoms with Gasteiger partial charge in [-0.05, 0) is 25.6 Å². The van der Waals surface area contributed by atoms with Crippen molar-refractivity contribution in [1.29, 1.82) is 0 Å². The Labute approximate surface area is 94.8 Å². The standard InChI is InChI=1S/C12H15N3O/c1-14-7-12-6-11(14)8-15(12)10-4-2-9(13-16)3-5-10/h2-5,11-12H,6-8H2,1H3/p+1. The third-order valence-electron chi connectivity index (χ3n) is 3.83. The molecule has 4 heteroatoms. The van der Waals surface area contributed by atoms with Gasteiger partial charge >= 0.3 is 0 Å². The highest BCUT2D eigenvalue weighted by molar-refractivity contribution is 5.53. The molecule has 2 bridgehead atoms. The quantitative estimate of drug-likeness (QED) is 0.762. The Kier molecular flexibility index (Phi) is 2.17. The minimum Gasteiger partial charge on any atom is -0.366 e. The summed E-state index contributed by atoms with van der Waals surface area (Å²) in [5, 5.41) is 1.91. The molecular weight excluding hydrogens is 202 g/mol. The summed E-state index contributed by atoms with van der Waals surface area (Å²) in [4.78, 5) is 15.4. The van der Waals surface area contributed by atoms with E-state index in [1.807, 2.05) is 29.4 Å². The first-order chi connectivity index (χ1) is 7.78. The number of rotatable bonds is 2. The van der Waals surface area contributed by atoms with Gasteiger partial charge in [0.15, 0.2) is 0 Å². The van der Waals surface area contributed by atoms with Crippen LogP contribution in [-0.4, -0.2) is 37.1 Å². The summed E-state index contributed by atoms with van der Waals surface area (Å²) in [6.45, 7) is 2.28. The molecule has 2 unspecified atom stereocenters. The van der Waals surface area contributed by atoms with Crippen LogP contribution in [0.15, 0.2) is 24.3 Å². The van der Waals surface area contributed by atoms with E-state index in [2.05, 4.69) is 16.8 Å². The Hall–Kier alpha value is -1.42. The second kappa shape index (κ2) is 3.56. The summed E-state index contributed by atoms with van der Waals surface area (Å²) in [6, 6.07) is 9.11. The van der Waals surface area contributed by atoms with E-state index in [-0.39, 0.29) is 0 Å². The summed E-state index contributed by atoms with van der Waals surface area (Å²) >= 11 is 0. The third-order valence-corrected chi connectivity index (χ3v) is 3.83. The molecule has 84 valence electrons. The van der Waals surface area contributed by atoms with E-state index in [1.54, 1.807) is 0 Å². The van der Waals surface area contributed by atoms with Crippen molar-refractivity contribution in [3.8, 4) is 0 Å². The first-order valence-corrected chi connectivity index (χ1v) is 5.73. The van der Waals surface area contributed by atoms with Gasteiger partial charge in [-0.2, -0.15) is 0 Å². The number of nitroso groups, excluding NO2 is 1. The smallest absolute Gasteiger partial charge is 0.253 e. The molecule has 2 saturated heterocycles. The maximum absolute atomic E-state index is 10.5. The van der Waals surface area contributed by atoms with E-state index >= 15 is 0 Å². The van der Waals surface area contributed by atoms with Crippen LogP contribution in [0.3, 0.4) is 0 Å². The molecule has 1 aromatic rings. The lowest BCUT2D eigenvalue weighted by Crippen LogP contribution is -2.55. The molecule has 16 heavy (non-hydrogen) atoms. The van der Waals surface area contributed by atoms with Crippen molar-refractivity contribution in [2.75, 3.05) is 25.0 Å². The highest BCUT2D eigenvalue weighted by Crippen LogP contribution is 2.33. The van der Waals surface area contributed by atoms with Crippen molar-refractivity contribution in [3.05, 3.63) is 29.2 Å². The molecule has 0 spiro atoms. The molecule has 2 fully saturated rings. The van der Waals surface area contributed by atoms with E-state index in [9.17, 15) is 4.91 Å². The number of nitrogens with zero attached hydrogens (tertiary/aromatic N) is 2. The molecule has 0 amide bonds. The second-order valence-electron chi connectivity index (χ2n) is 4.78. The molecule has 3 rings (SSSR count). The number of piperazine rings is 1. The largest absolute Gasteiger partial charge is 0.366 e. The van der Waals surface area contributed by atoms with Gasteiger partial charge in [0.1, 0.15) is 0 Å². The second-order valence-corrected chi connectivity index (χ2v) is 4.78. The molecule has 2 aliphatic rings. The third kappa shape index (κ3) is 1.41. The van der Waals surface area contributed by atoms with Gasteiger partial charge in [0.05, 0.1) is 0 Å². The number of benzene rings is 1. The Balaban J connectivity index is 1.81. The highest BCUT2D eigenvalue weighted by Gasteiger charge is 2.41. The normalized spacial score (nSPS) is 28.7. The topological polar surface area (TPSA) is 37.5 Å². The Morgan fingerprint density at radius 3 is 2.44 bits per heavy atom. The Morgan fingerprint density at radius 1 is 1.19 bits per heavy atom. The molecule has 0 saturated carbocycles. The summed E-state index contributed by atoms with van der Waals surface area (Å²) in [5.74, 6) is 0. The van der Waals surface area contributed by atoms with E-state index in [0.29, 0.717) is 17.8 Å². The fraction of sp³-hybridized carbons (Fsp3) is 0.500. The molecule has 0 radical (unpaired) electrons. The average Bonchev–Trinajstić information content (AvgIpc) is 2.88. The van der Waals surface area contributed by atoms with Gasteiger partial charge in [-0.25, -0.2) is 0 Å². The van der Waals surface area contributed by atoms with Crippen LogP contribution in [0.4, 0.5) is 11.4 Å². The minimum absolute atomic E-state index is 0.630. The maximum Gasteiger partial charge on any atom is 0.253 e. The molecule has 2 aliphatic heterocycles. The minimum atomic E-state index is 0.630. The lowest BCUT2D eigenvalue weighted by atomic mass is 10.2. The van der Waals surface area contributed by atoms with Gasteiger partial charge in [-0.1, -0.05) is 0 Å². The number of nitrogens with one attached hydrogen (secondary N) is 1. The number of likely N-dealkylation sites (N-methyl/N-ethyl adjacent to an activating group) is 1. The van der Waals surface area contributed by atoms with Crippen LogP contribution in [0.5, 0.6) is 0 Å². The van der Waals surface area contributed by atoms with Crippen LogP contribution in [0.25, 0.3) is 0 Å². The van der Waals surface area contributed by atoms with Gasteiger partial charge in [0.25, 0.3) is 5.69 Å². The Bertz CT molecular complexity index is 401. The lowest BCUT2D eigenvalue weighted by molar-refractivity contribution is -0.379. The van der Waals surface area contributed by atoms with Gasteiger partial charge in [0.2, 0.25) is 0 Å². The van der Waals surface area contributed by atoms with Crippen LogP contribution in [0.2, 0.25) is 0 Å². The van der Waals surface area contributed by atoms with Gasteiger partial charge < -0.3 is 4.90 Å². The van der Waals surface area contributed by atoms with Crippen LogP contribution in [0, 0.1) is 4.91 Å². The molecule has 1 aromatic carbocycles. The predicted octanol–water partition coefficient (Wildman–Crippen LogP) is 0.0578. The van der Waals surface area contributed by atoms with Gasteiger partial charge in [-0.3, -0.25) is 4.90 Å². The Morgan fingerprint density at radius 2 is 1.94 bits per heavy atom.